The molecule has 16 heteroatoms. The molecule has 2 aromatic heterocycles. The van der Waals surface area contributed by atoms with Gasteiger partial charge >= 0.3 is 24.3 Å². The van der Waals surface area contributed by atoms with Gasteiger partial charge in [-0.25, -0.2) is 24.5 Å². The Kier molecular flexibility index (Phi) is 10.2. The first-order valence-electron chi connectivity index (χ1n) is 10.9. The summed E-state index contributed by atoms with van der Waals surface area (Å²) >= 11 is 1.75. The molecule has 4 heterocycles. The minimum atomic E-state index is -5.08. The number of piperidine rings is 1. The van der Waals surface area contributed by atoms with Crippen molar-refractivity contribution < 1.29 is 46.1 Å². The average molecular weight is 558 g/mol. The normalized spacial score (nSPS) is 20.0. The van der Waals surface area contributed by atoms with Gasteiger partial charge in [0.1, 0.15) is 0 Å². The van der Waals surface area contributed by atoms with E-state index >= 15 is 0 Å². The summed E-state index contributed by atoms with van der Waals surface area (Å²) in [6.45, 7) is 7.60. The van der Waals surface area contributed by atoms with Crippen molar-refractivity contribution in [1.29, 1.82) is 0 Å². The number of aryl methyl sites for hydroxylation is 1. The molecule has 0 saturated carbocycles. The third-order valence-corrected chi connectivity index (χ3v) is 6.37. The lowest BCUT2D eigenvalue weighted by atomic mass is 9.79. The number of nitrogens with zero attached hydrogens (tertiary/aromatic N) is 5. The first-order valence-corrected chi connectivity index (χ1v) is 11.7. The number of thiazole rings is 1. The maximum Gasteiger partial charge on any atom is 0.490 e. The average Bonchev–Trinajstić information content (AvgIpc) is 3.39. The highest BCUT2D eigenvalue weighted by atomic mass is 32.1. The molecule has 2 aliphatic rings. The number of aliphatic carboxylic acids is 2. The second-order valence-corrected chi connectivity index (χ2v) is 9.56. The molecule has 2 aromatic rings. The van der Waals surface area contributed by atoms with Gasteiger partial charge in [-0.1, -0.05) is 0 Å². The Morgan fingerprint density at radius 3 is 2.05 bits per heavy atom. The van der Waals surface area contributed by atoms with Crippen LogP contribution in [0.4, 0.5) is 32.3 Å². The van der Waals surface area contributed by atoms with Gasteiger partial charge in [0, 0.05) is 49.4 Å². The number of alkyl halides is 6. The predicted octanol–water partition coefficient (Wildman–Crippen LogP) is 4.00. The van der Waals surface area contributed by atoms with Gasteiger partial charge in [-0.3, -0.25) is 4.90 Å². The van der Waals surface area contributed by atoms with Gasteiger partial charge in [0.25, 0.3) is 0 Å². The molecule has 2 fully saturated rings. The third-order valence-electron chi connectivity index (χ3n) is 5.55. The standard InChI is InChI=1S/C17H23N5S.2C2HF3O2/c1-14-20-15(11-23-14)10-21-9-5-17(12-21)4-2-8-22(13-17)16-18-6-3-7-19-16;2*3-2(4,5)1(6)7/h3,6-7,11H,2,4-5,8-10,12-13H2,1H3;2*(H,6,7). The molecule has 37 heavy (non-hydrogen) atoms. The van der Waals surface area contributed by atoms with Crippen molar-refractivity contribution in [3.8, 4) is 0 Å². The second kappa shape index (κ2) is 12.5. The molecule has 2 N–H and O–H groups in total. The number of rotatable bonds is 3. The van der Waals surface area contributed by atoms with Crippen LogP contribution in [0.15, 0.2) is 23.8 Å². The van der Waals surface area contributed by atoms with Crippen molar-refractivity contribution in [3.05, 3.63) is 34.5 Å². The lowest BCUT2D eigenvalue weighted by molar-refractivity contribution is -0.193. The van der Waals surface area contributed by atoms with Crippen LogP contribution < -0.4 is 4.90 Å². The Bertz CT molecular complexity index is 1010. The summed E-state index contributed by atoms with van der Waals surface area (Å²) in [7, 11) is 0. The number of aromatic nitrogens is 3. The summed E-state index contributed by atoms with van der Waals surface area (Å²) in [6.07, 6.45) is -2.64. The van der Waals surface area contributed by atoms with Crippen molar-refractivity contribution in [1.82, 2.24) is 19.9 Å². The van der Waals surface area contributed by atoms with Crippen LogP contribution in [-0.2, 0) is 16.1 Å². The Hall–Kier alpha value is -3.01. The smallest absolute Gasteiger partial charge is 0.475 e. The Balaban J connectivity index is 0.000000286. The van der Waals surface area contributed by atoms with Crippen LogP contribution in [0, 0.1) is 12.3 Å². The molecule has 2 aliphatic heterocycles. The van der Waals surface area contributed by atoms with Crippen molar-refractivity contribution in [3.63, 3.8) is 0 Å². The van der Waals surface area contributed by atoms with Crippen LogP contribution in [-0.4, -0.2) is 80.5 Å². The highest BCUT2D eigenvalue weighted by Gasteiger charge is 2.42. The molecule has 1 unspecified atom stereocenters. The predicted molar refractivity (Wildman–Crippen MR) is 120 cm³/mol. The number of hydrogen-bond donors (Lipinski definition) is 2. The van der Waals surface area contributed by atoms with Crippen LogP contribution in [0.1, 0.15) is 30.0 Å². The summed E-state index contributed by atoms with van der Waals surface area (Å²) in [4.78, 5) is 36.2. The fourth-order valence-electron chi connectivity index (χ4n) is 4.04. The van der Waals surface area contributed by atoms with E-state index in [2.05, 4.69) is 37.1 Å². The molecule has 0 aliphatic carbocycles. The number of carboxylic acid groups (broad SMARTS) is 2. The van der Waals surface area contributed by atoms with E-state index in [9.17, 15) is 26.3 Å². The summed E-state index contributed by atoms with van der Waals surface area (Å²) in [5, 5.41) is 17.6. The lowest BCUT2D eigenvalue weighted by Gasteiger charge is -2.40. The van der Waals surface area contributed by atoms with Crippen LogP contribution in [0.25, 0.3) is 0 Å². The van der Waals surface area contributed by atoms with Crippen LogP contribution in [0.5, 0.6) is 0 Å². The van der Waals surface area contributed by atoms with Gasteiger partial charge in [0.2, 0.25) is 5.95 Å². The highest BCUT2D eigenvalue weighted by molar-refractivity contribution is 7.09. The fourth-order valence-corrected chi connectivity index (χ4v) is 4.64. The van der Waals surface area contributed by atoms with E-state index in [4.69, 9.17) is 19.8 Å². The monoisotopic (exact) mass is 557 g/mol. The topological polar surface area (TPSA) is 120 Å². The zero-order chi connectivity index (χ0) is 27.9. The van der Waals surface area contributed by atoms with Gasteiger partial charge in [0.05, 0.1) is 10.7 Å². The van der Waals surface area contributed by atoms with Crippen molar-refractivity contribution in [2.75, 3.05) is 31.1 Å². The van der Waals surface area contributed by atoms with Gasteiger partial charge in [-0.2, -0.15) is 26.3 Å². The third kappa shape index (κ3) is 9.76. The Morgan fingerprint density at radius 1 is 1.00 bits per heavy atom. The van der Waals surface area contributed by atoms with E-state index in [0.717, 1.165) is 25.6 Å². The molecule has 206 valence electrons. The van der Waals surface area contributed by atoms with Crippen LogP contribution in [0.3, 0.4) is 0 Å². The van der Waals surface area contributed by atoms with Gasteiger partial charge < -0.3 is 15.1 Å². The summed E-state index contributed by atoms with van der Waals surface area (Å²) in [5.74, 6) is -4.62. The largest absolute Gasteiger partial charge is 0.490 e. The molecule has 0 radical (unpaired) electrons. The van der Waals surface area contributed by atoms with E-state index in [0.29, 0.717) is 5.41 Å². The van der Waals surface area contributed by atoms with E-state index in [1.807, 2.05) is 18.5 Å². The molecule has 1 atom stereocenters. The van der Waals surface area contributed by atoms with Crippen molar-refractivity contribution in [2.24, 2.45) is 5.41 Å². The maximum absolute atomic E-state index is 10.6. The first kappa shape index (κ1) is 30.2. The highest BCUT2D eigenvalue weighted by Crippen LogP contribution is 2.40. The van der Waals surface area contributed by atoms with E-state index in [1.54, 1.807) is 11.3 Å². The molecule has 0 bridgehead atoms. The number of hydrogen-bond acceptors (Lipinski definition) is 8. The van der Waals surface area contributed by atoms with Crippen LogP contribution in [0.2, 0.25) is 0 Å². The van der Waals surface area contributed by atoms with Gasteiger partial charge in [-0.05, 0) is 38.8 Å². The number of carbonyl (C=O) groups is 2. The molecule has 0 aromatic carbocycles. The Labute approximate surface area is 211 Å². The molecule has 2 saturated heterocycles. The minimum Gasteiger partial charge on any atom is -0.475 e. The summed E-state index contributed by atoms with van der Waals surface area (Å²) in [6, 6.07) is 1.89. The number of likely N-dealkylation sites (tertiary alicyclic amines) is 1. The van der Waals surface area contributed by atoms with Gasteiger partial charge in [0.15, 0.2) is 0 Å². The summed E-state index contributed by atoms with van der Waals surface area (Å²) in [5.41, 5.74) is 1.63. The quantitative estimate of drug-likeness (QED) is 0.540. The van der Waals surface area contributed by atoms with Crippen molar-refractivity contribution >= 4 is 29.2 Å². The number of halogens is 6. The lowest BCUT2D eigenvalue weighted by Crippen LogP contribution is -2.45. The molecule has 1 spiro atoms. The molecule has 0 amide bonds. The fraction of sp³-hybridized carbons (Fsp3) is 0.571. The first-order chi connectivity index (χ1) is 17.1. The molecular formula is C21H25F6N5O4S. The number of carboxylic acids is 2. The SMILES string of the molecule is Cc1nc(CN2CCC3(CCCN(c4ncccn4)C3)C2)cs1.O=C(O)C(F)(F)F.O=C(O)C(F)(F)F. The van der Waals surface area contributed by atoms with E-state index < -0.39 is 24.3 Å². The number of anilines is 1. The zero-order valence-electron chi connectivity index (χ0n) is 19.6. The molecular weight excluding hydrogens is 532 g/mol. The van der Waals surface area contributed by atoms with Crippen molar-refractivity contribution in [2.45, 2.75) is 45.1 Å². The second-order valence-electron chi connectivity index (χ2n) is 8.50. The molecule has 4 rings (SSSR count). The van der Waals surface area contributed by atoms with E-state index in [-0.39, 0.29) is 0 Å². The zero-order valence-corrected chi connectivity index (χ0v) is 20.4. The Morgan fingerprint density at radius 2 is 1.57 bits per heavy atom. The summed E-state index contributed by atoms with van der Waals surface area (Å²) < 4.78 is 63.5. The van der Waals surface area contributed by atoms with Gasteiger partial charge in [-0.15, -0.1) is 11.3 Å². The molecule has 9 nitrogen and oxygen atoms in total. The van der Waals surface area contributed by atoms with Crippen LogP contribution >= 0.6 is 11.3 Å². The van der Waals surface area contributed by atoms with E-state index in [1.165, 1.54) is 43.1 Å². The maximum atomic E-state index is 10.6. The minimum absolute atomic E-state index is 0.405.